The molecule has 4 heteroatoms. The molecule has 0 aromatic rings. The SMILES string of the molecule is C[Si](C)(C)O[C@H]1CCC[C@H]1O[Si](C)(C)C. The van der Waals surface area contributed by atoms with E-state index in [1.165, 1.54) is 19.3 Å². The van der Waals surface area contributed by atoms with Gasteiger partial charge in [0.25, 0.3) is 0 Å². The van der Waals surface area contributed by atoms with Crippen molar-refractivity contribution in [3.05, 3.63) is 0 Å². The quantitative estimate of drug-likeness (QED) is 0.706. The summed E-state index contributed by atoms with van der Waals surface area (Å²) >= 11 is 0. The molecule has 0 aromatic carbocycles. The molecule has 0 N–H and O–H groups in total. The first-order valence-corrected chi connectivity index (χ1v) is 12.8. The van der Waals surface area contributed by atoms with E-state index in [-0.39, 0.29) is 0 Å². The third kappa shape index (κ3) is 5.29. The van der Waals surface area contributed by atoms with Crippen LogP contribution in [0.5, 0.6) is 0 Å². The standard InChI is InChI=1S/C11H26O2Si2/c1-14(2,3)12-10-8-7-9-11(10)13-15(4,5)6/h10-11H,7-9H2,1-6H3/t10-,11+. The van der Waals surface area contributed by atoms with Crippen LogP contribution in [0.4, 0.5) is 0 Å². The molecule has 0 spiro atoms. The summed E-state index contributed by atoms with van der Waals surface area (Å²) in [7, 11) is -2.81. The van der Waals surface area contributed by atoms with E-state index in [4.69, 9.17) is 8.85 Å². The Morgan fingerprint density at radius 1 is 0.733 bits per heavy atom. The summed E-state index contributed by atoms with van der Waals surface area (Å²) in [6.07, 6.45) is 4.41. The summed E-state index contributed by atoms with van der Waals surface area (Å²) in [6, 6.07) is 0. The maximum Gasteiger partial charge on any atom is 0.184 e. The van der Waals surface area contributed by atoms with Crippen LogP contribution >= 0.6 is 0 Å². The number of hydrogen-bond acceptors (Lipinski definition) is 2. The van der Waals surface area contributed by atoms with Gasteiger partial charge in [-0.05, 0) is 58.5 Å². The van der Waals surface area contributed by atoms with E-state index < -0.39 is 16.6 Å². The van der Waals surface area contributed by atoms with E-state index in [9.17, 15) is 0 Å². The second-order valence-electron chi connectivity index (χ2n) is 6.47. The zero-order valence-electron chi connectivity index (χ0n) is 11.1. The lowest BCUT2D eigenvalue weighted by Gasteiger charge is -2.31. The molecule has 0 heterocycles. The van der Waals surface area contributed by atoms with Crippen LogP contribution in [0.1, 0.15) is 19.3 Å². The van der Waals surface area contributed by atoms with Gasteiger partial charge in [0.2, 0.25) is 0 Å². The number of hydrogen-bond donors (Lipinski definition) is 0. The topological polar surface area (TPSA) is 18.5 Å². The smallest absolute Gasteiger partial charge is 0.184 e. The normalized spacial score (nSPS) is 28.4. The second-order valence-corrected chi connectivity index (χ2v) is 15.4. The molecule has 15 heavy (non-hydrogen) atoms. The Hall–Kier alpha value is 0.354. The van der Waals surface area contributed by atoms with Crippen molar-refractivity contribution in [2.75, 3.05) is 0 Å². The van der Waals surface area contributed by atoms with E-state index in [0.717, 1.165) is 0 Å². The number of rotatable bonds is 4. The lowest BCUT2D eigenvalue weighted by molar-refractivity contribution is 0.0679. The van der Waals surface area contributed by atoms with Gasteiger partial charge in [0.1, 0.15) is 0 Å². The van der Waals surface area contributed by atoms with E-state index in [1.54, 1.807) is 0 Å². The molecule has 1 rings (SSSR count). The fourth-order valence-electron chi connectivity index (χ4n) is 2.07. The van der Waals surface area contributed by atoms with Crippen LogP contribution in [0.3, 0.4) is 0 Å². The maximum absolute atomic E-state index is 6.19. The highest BCUT2D eigenvalue weighted by atomic mass is 28.4. The lowest BCUT2D eigenvalue weighted by atomic mass is 10.3. The Morgan fingerprint density at radius 3 is 1.33 bits per heavy atom. The second kappa shape index (κ2) is 4.69. The van der Waals surface area contributed by atoms with Crippen LogP contribution in [0.15, 0.2) is 0 Å². The van der Waals surface area contributed by atoms with Crippen LogP contribution in [-0.4, -0.2) is 28.8 Å². The summed E-state index contributed by atoms with van der Waals surface area (Å²) in [5.41, 5.74) is 0. The average molecular weight is 246 g/mol. The van der Waals surface area contributed by atoms with Crippen molar-refractivity contribution in [1.82, 2.24) is 0 Å². The van der Waals surface area contributed by atoms with Crippen molar-refractivity contribution in [3.8, 4) is 0 Å². The minimum absolute atomic E-state index is 0.378. The molecule has 0 unspecified atom stereocenters. The van der Waals surface area contributed by atoms with Crippen molar-refractivity contribution >= 4 is 16.6 Å². The van der Waals surface area contributed by atoms with Crippen molar-refractivity contribution in [3.63, 3.8) is 0 Å². The van der Waals surface area contributed by atoms with E-state index in [1.807, 2.05) is 0 Å². The molecule has 1 aliphatic rings. The van der Waals surface area contributed by atoms with Crippen molar-refractivity contribution in [2.24, 2.45) is 0 Å². The molecular weight excluding hydrogens is 220 g/mol. The van der Waals surface area contributed by atoms with Crippen molar-refractivity contribution in [1.29, 1.82) is 0 Å². The zero-order valence-corrected chi connectivity index (χ0v) is 13.1. The van der Waals surface area contributed by atoms with Gasteiger partial charge in [0.05, 0.1) is 12.2 Å². The highest BCUT2D eigenvalue weighted by Crippen LogP contribution is 2.29. The summed E-state index contributed by atoms with van der Waals surface area (Å²) in [5.74, 6) is 0. The molecule has 1 fully saturated rings. The van der Waals surface area contributed by atoms with Crippen LogP contribution in [-0.2, 0) is 8.85 Å². The lowest BCUT2D eigenvalue weighted by Crippen LogP contribution is -2.41. The minimum atomic E-state index is -1.40. The molecule has 0 amide bonds. The Labute approximate surface area is 96.6 Å². The third-order valence-electron chi connectivity index (χ3n) is 2.40. The van der Waals surface area contributed by atoms with Gasteiger partial charge in [-0.2, -0.15) is 0 Å². The zero-order chi connectivity index (χ0) is 11.7. The Bertz CT molecular complexity index is 184. The molecule has 1 aliphatic carbocycles. The first kappa shape index (κ1) is 13.4. The summed E-state index contributed by atoms with van der Waals surface area (Å²) in [4.78, 5) is 0. The molecule has 1 saturated carbocycles. The predicted molar refractivity (Wildman–Crippen MR) is 70.3 cm³/mol. The highest BCUT2D eigenvalue weighted by molar-refractivity contribution is 6.70. The fraction of sp³-hybridized carbons (Fsp3) is 1.00. The molecule has 0 saturated heterocycles. The van der Waals surface area contributed by atoms with Crippen LogP contribution in [0, 0.1) is 0 Å². The van der Waals surface area contributed by atoms with Gasteiger partial charge in [-0.15, -0.1) is 0 Å². The fourth-order valence-corrected chi connectivity index (χ4v) is 4.43. The molecule has 2 nitrogen and oxygen atoms in total. The highest BCUT2D eigenvalue weighted by Gasteiger charge is 2.35. The summed E-state index contributed by atoms with van der Waals surface area (Å²) < 4.78 is 12.4. The molecule has 0 radical (unpaired) electrons. The van der Waals surface area contributed by atoms with E-state index in [0.29, 0.717) is 12.2 Å². The van der Waals surface area contributed by atoms with E-state index >= 15 is 0 Å². The molecule has 0 bridgehead atoms. The van der Waals surface area contributed by atoms with E-state index in [2.05, 4.69) is 39.3 Å². The Kier molecular flexibility index (Phi) is 4.20. The minimum Gasteiger partial charge on any atom is -0.412 e. The monoisotopic (exact) mass is 246 g/mol. The van der Waals surface area contributed by atoms with Crippen molar-refractivity contribution < 1.29 is 8.85 Å². The third-order valence-corrected chi connectivity index (χ3v) is 4.42. The van der Waals surface area contributed by atoms with Gasteiger partial charge < -0.3 is 8.85 Å². The molecular formula is C11H26O2Si2. The maximum atomic E-state index is 6.19. The summed E-state index contributed by atoms with van der Waals surface area (Å²) in [6.45, 7) is 13.6. The van der Waals surface area contributed by atoms with Gasteiger partial charge >= 0.3 is 0 Å². The van der Waals surface area contributed by atoms with Crippen LogP contribution < -0.4 is 0 Å². The first-order chi connectivity index (χ1) is 6.67. The van der Waals surface area contributed by atoms with Crippen LogP contribution in [0.2, 0.25) is 39.3 Å². The average Bonchev–Trinajstić information content (AvgIpc) is 2.29. The predicted octanol–water partition coefficient (Wildman–Crippen LogP) is 3.61. The molecule has 0 aliphatic heterocycles. The largest absolute Gasteiger partial charge is 0.412 e. The van der Waals surface area contributed by atoms with Crippen LogP contribution in [0.25, 0.3) is 0 Å². The van der Waals surface area contributed by atoms with Gasteiger partial charge in [-0.25, -0.2) is 0 Å². The van der Waals surface area contributed by atoms with Gasteiger partial charge in [-0.3, -0.25) is 0 Å². The Morgan fingerprint density at radius 2 is 1.07 bits per heavy atom. The van der Waals surface area contributed by atoms with Crippen molar-refractivity contribution in [2.45, 2.75) is 70.8 Å². The first-order valence-electron chi connectivity index (χ1n) is 6.03. The van der Waals surface area contributed by atoms with Gasteiger partial charge in [-0.1, -0.05) is 0 Å². The Balaban J connectivity index is 2.50. The molecule has 0 aromatic heterocycles. The van der Waals surface area contributed by atoms with Gasteiger partial charge in [0.15, 0.2) is 16.6 Å². The molecule has 90 valence electrons. The summed E-state index contributed by atoms with van der Waals surface area (Å²) in [5, 5.41) is 0. The van der Waals surface area contributed by atoms with Gasteiger partial charge in [0, 0.05) is 0 Å². The molecule has 2 atom stereocenters.